The molecule has 0 aliphatic rings. The maximum atomic E-state index is 12.6. The first-order valence-electron chi connectivity index (χ1n) is 8.85. The number of hydrogen-bond acceptors (Lipinski definition) is 5. The molecule has 2 amide bonds. The van der Waals surface area contributed by atoms with Crippen LogP contribution in [0, 0.1) is 11.8 Å². The van der Waals surface area contributed by atoms with Crippen LogP contribution in [0.25, 0.3) is 0 Å². The highest BCUT2D eigenvalue weighted by Crippen LogP contribution is 2.10. The molecule has 1 atom stereocenters. The molecule has 2 aromatic rings. The van der Waals surface area contributed by atoms with Gasteiger partial charge in [0.25, 0.3) is 5.91 Å². The summed E-state index contributed by atoms with van der Waals surface area (Å²) < 4.78 is 0. The maximum Gasteiger partial charge on any atom is 0.254 e. The number of Topliss-reactive ketones (excluding diaryl/α,β-unsaturated/α-hetero) is 1. The summed E-state index contributed by atoms with van der Waals surface area (Å²) in [6.07, 6.45) is 0. The Morgan fingerprint density at radius 1 is 0.966 bits per heavy atom. The lowest BCUT2D eigenvalue weighted by Gasteiger charge is -2.25. The minimum Gasteiger partial charge on any atom is -0.392 e. The first kappa shape index (κ1) is 21.8. The Bertz CT molecular complexity index is 924. The Balaban J connectivity index is 2.16. The Hall–Kier alpha value is -3.47. The van der Waals surface area contributed by atoms with E-state index >= 15 is 0 Å². The molecule has 1 unspecified atom stereocenters. The van der Waals surface area contributed by atoms with Gasteiger partial charge in [-0.15, -0.1) is 0 Å². The molecule has 0 saturated heterocycles. The predicted molar refractivity (Wildman–Crippen MR) is 107 cm³/mol. The van der Waals surface area contributed by atoms with Gasteiger partial charge in [-0.3, -0.25) is 14.4 Å². The first-order chi connectivity index (χ1) is 13.9. The van der Waals surface area contributed by atoms with Crippen LogP contribution in [0.5, 0.6) is 0 Å². The van der Waals surface area contributed by atoms with Gasteiger partial charge in [0.2, 0.25) is 5.91 Å². The van der Waals surface area contributed by atoms with Gasteiger partial charge in [0.1, 0.15) is 6.61 Å². The summed E-state index contributed by atoms with van der Waals surface area (Å²) in [5.74, 6) is 4.01. The van der Waals surface area contributed by atoms with Crippen LogP contribution < -0.4 is 5.32 Å². The number of nitrogens with zero attached hydrogens (tertiary/aromatic N) is 1. The number of carbonyl (C=O) groups excluding carboxylic acids is 3. The number of likely N-dealkylation sites (N-methyl/N-ethyl adjacent to an activating group) is 2. The molecule has 0 aliphatic heterocycles. The fourth-order valence-electron chi connectivity index (χ4n) is 2.62. The predicted octanol–water partition coefficient (Wildman–Crippen LogP) is 0.327. The summed E-state index contributed by atoms with van der Waals surface area (Å²) in [6, 6.07) is 12.2. The summed E-state index contributed by atoms with van der Waals surface area (Å²) in [4.78, 5) is 37.4. The molecule has 2 aromatic carbocycles. The Morgan fingerprint density at radius 3 is 1.93 bits per heavy atom. The molecule has 7 heteroatoms. The van der Waals surface area contributed by atoms with Gasteiger partial charge in [-0.25, -0.2) is 0 Å². The van der Waals surface area contributed by atoms with Gasteiger partial charge in [-0.05, 0) is 42.0 Å². The van der Waals surface area contributed by atoms with Crippen LogP contribution in [0.4, 0.5) is 0 Å². The van der Waals surface area contributed by atoms with E-state index in [1.807, 2.05) is 12.1 Å². The number of aliphatic hydroxyl groups is 2. The Kier molecular flexibility index (Phi) is 7.66. The standard InChI is InChI=1S/C22H22N2O5/c1-23-21(28)20(19(27)14-26)24(2)22(29)18-11-9-16(10-12-18)4-3-15-5-7-17(13-25)8-6-15/h5-12,20,25-26H,13-14H2,1-2H3,(H,23,28). The number of benzene rings is 2. The summed E-state index contributed by atoms with van der Waals surface area (Å²) in [5, 5.41) is 20.4. The zero-order valence-electron chi connectivity index (χ0n) is 16.2. The van der Waals surface area contributed by atoms with E-state index in [9.17, 15) is 14.4 Å². The Morgan fingerprint density at radius 2 is 1.48 bits per heavy atom. The van der Waals surface area contributed by atoms with E-state index in [0.717, 1.165) is 16.0 Å². The SMILES string of the molecule is CNC(=O)C(C(=O)CO)N(C)C(=O)c1ccc(C#Cc2ccc(CO)cc2)cc1. The molecule has 2 rings (SSSR count). The number of amides is 2. The highest BCUT2D eigenvalue weighted by atomic mass is 16.3. The van der Waals surface area contributed by atoms with Gasteiger partial charge in [0.05, 0.1) is 6.61 Å². The van der Waals surface area contributed by atoms with Crippen LogP contribution in [-0.4, -0.2) is 59.5 Å². The summed E-state index contributed by atoms with van der Waals surface area (Å²) in [6.45, 7) is -0.869. The van der Waals surface area contributed by atoms with Gasteiger partial charge in [0.15, 0.2) is 11.8 Å². The van der Waals surface area contributed by atoms with Crippen molar-refractivity contribution in [3.05, 3.63) is 70.8 Å². The second-order valence-corrected chi connectivity index (χ2v) is 6.24. The highest BCUT2D eigenvalue weighted by molar-refractivity contribution is 6.10. The van der Waals surface area contributed by atoms with Gasteiger partial charge >= 0.3 is 0 Å². The van der Waals surface area contributed by atoms with Gasteiger partial charge in [-0.2, -0.15) is 0 Å². The first-order valence-corrected chi connectivity index (χ1v) is 8.85. The molecule has 0 bridgehead atoms. The maximum absolute atomic E-state index is 12.6. The third kappa shape index (κ3) is 5.51. The number of nitrogens with one attached hydrogen (secondary N) is 1. The molecular weight excluding hydrogens is 372 g/mol. The molecule has 150 valence electrons. The van der Waals surface area contributed by atoms with E-state index in [2.05, 4.69) is 17.2 Å². The summed E-state index contributed by atoms with van der Waals surface area (Å²) in [5.41, 5.74) is 2.56. The fourth-order valence-corrected chi connectivity index (χ4v) is 2.62. The van der Waals surface area contributed by atoms with Crippen LogP contribution in [-0.2, 0) is 16.2 Å². The third-order valence-corrected chi connectivity index (χ3v) is 4.28. The lowest BCUT2D eigenvalue weighted by Crippen LogP contribution is -2.52. The van der Waals surface area contributed by atoms with Crippen LogP contribution in [0.1, 0.15) is 27.0 Å². The minimum absolute atomic E-state index is 0.0255. The average molecular weight is 394 g/mol. The van der Waals surface area contributed by atoms with E-state index in [1.54, 1.807) is 36.4 Å². The largest absolute Gasteiger partial charge is 0.392 e. The van der Waals surface area contributed by atoms with Gasteiger partial charge in [0, 0.05) is 30.8 Å². The molecule has 0 saturated carbocycles. The lowest BCUT2D eigenvalue weighted by atomic mass is 10.1. The van der Waals surface area contributed by atoms with Crippen molar-refractivity contribution in [2.24, 2.45) is 0 Å². The van der Waals surface area contributed by atoms with E-state index in [1.165, 1.54) is 14.1 Å². The molecule has 7 nitrogen and oxygen atoms in total. The van der Waals surface area contributed by atoms with Crippen molar-refractivity contribution >= 4 is 17.6 Å². The molecule has 3 N–H and O–H groups in total. The molecule has 0 aliphatic carbocycles. The normalized spacial score (nSPS) is 11.0. The second-order valence-electron chi connectivity index (χ2n) is 6.24. The van der Waals surface area contributed by atoms with Crippen molar-refractivity contribution in [3.8, 4) is 11.8 Å². The van der Waals surface area contributed by atoms with Crippen molar-refractivity contribution in [1.29, 1.82) is 0 Å². The smallest absolute Gasteiger partial charge is 0.254 e. The Labute approximate surface area is 169 Å². The van der Waals surface area contributed by atoms with Crippen LogP contribution in [0.2, 0.25) is 0 Å². The van der Waals surface area contributed by atoms with Gasteiger partial charge < -0.3 is 20.4 Å². The van der Waals surface area contributed by atoms with Crippen LogP contribution >= 0.6 is 0 Å². The number of carbonyl (C=O) groups is 3. The molecular formula is C22H22N2O5. The van der Waals surface area contributed by atoms with E-state index < -0.39 is 30.2 Å². The zero-order valence-corrected chi connectivity index (χ0v) is 16.2. The fraction of sp³-hybridized carbons (Fsp3) is 0.227. The lowest BCUT2D eigenvalue weighted by molar-refractivity contribution is -0.135. The third-order valence-electron chi connectivity index (χ3n) is 4.28. The van der Waals surface area contributed by atoms with E-state index in [0.29, 0.717) is 5.56 Å². The van der Waals surface area contributed by atoms with Crippen LogP contribution in [0.15, 0.2) is 48.5 Å². The van der Waals surface area contributed by atoms with Gasteiger partial charge in [-0.1, -0.05) is 24.0 Å². The topological polar surface area (TPSA) is 107 Å². The van der Waals surface area contributed by atoms with Crippen molar-refractivity contribution in [1.82, 2.24) is 10.2 Å². The van der Waals surface area contributed by atoms with Crippen LogP contribution in [0.3, 0.4) is 0 Å². The van der Waals surface area contributed by atoms with E-state index in [4.69, 9.17) is 10.2 Å². The van der Waals surface area contributed by atoms with Crippen molar-refractivity contribution in [2.45, 2.75) is 12.6 Å². The molecule has 0 heterocycles. The number of aliphatic hydroxyl groups excluding tert-OH is 2. The summed E-state index contributed by atoms with van der Waals surface area (Å²) in [7, 11) is 2.68. The average Bonchev–Trinajstić information content (AvgIpc) is 2.77. The van der Waals surface area contributed by atoms with Crippen molar-refractivity contribution in [2.75, 3.05) is 20.7 Å². The molecule has 0 spiro atoms. The zero-order chi connectivity index (χ0) is 21.4. The minimum atomic E-state index is -1.40. The molecule has 0 fully saturated rings. The van der Waals surface area contributed by atoms with Crippen molar-refractivity contribution < 1.29 is 24.6 Å². The van der Waals surface area contributed by atoms with Crippen molar-refractivity contribution in [3.63, 3.8) is 0 Å². The number of ketones is 1. The van der Waals surface area contributed by atoms with E-state index in [-0.39, 0.29) is 12.2 Å². The monoisotopic (exact) mass is 394 g/mol. The number of rotatable bonds is 6. The second kappa shape index (κ2) is 10.2. The molecule has 0 radical (unpaired) electrons. The highest BCUT2D eigenvalue weighted by Gasteiger charge is 2.32. The molecule has 29 heavy (non-hydrogen) atoms. The number of hydrogen-bond donors (Lipinski definition) is 3. The molecule has 0 aromatic heterocycles. The summed E-state index contributed by atoms with van der Waals surface area (Å²) >= 11 is 0. The quantitative estimate of drug-likeness (QED) is 0.483.